The molecule has 0 aliphatic rings. The summed E-state index contributed by atoms with van der Waals surface area (Å²) >= 11 is 2.45. The second-order valence-electron chi connectivity index (χ2n) is 10.5. The average Bonchev–Trinajstić information content (AvgIpc) is 2.87. The van der Waals surface area contributed by atoms with E-state index in [-0.39, 0.29) is 12.2 Å². The van der Waals surface area contributed by atoms with Crippen molar-refractivity contribution in [3.63, 3.8) is 0 Å². The first-order valence-electron chi connectivity index (χ1n) is 15.8. The normalized spacial score (nSPS) is 13.3. The zero-order valence-corrected chi connectivity index (χ0v) is 30.3. The van der Waals surface area contributed by atoms with Crippen molar-refractivity contribution in [1.82, 2.24) is 0 Å². The van der Waals surface area contributed by atoms with Crippen molar-refractivity contribution in [2.45, 2.75) is 149 Å². The molecule has 0 fully saturated rings. The summed E-state index contributed by atoms with van der Waals surface area (Å²) in [6.45, 7) is 7.90. The zero-order valence-electron chi connectivity index (χ0n) is 25.5. The van der Waals surface area contributed by atoms with E-state index in [4.69, 9.17) is 31.7 Å². The van der Waals surface area contributed by atoms with Gasteiger partial charge in [-0.1, -0.05) is 26.7 Å². The van der Waals surface area contributed by atoms with Gasteiger partial charge < -0.3 is 0 Å². The van der Waals surface area contributed by atoms with E-state index in [1.807, 2.05) is 0 Å². The molecule has 0 aliphatic heterocycles. The van der Waals surface area contributed by atoms with Gasteiger partial charge in [0, 0.05) is 0 Å². The van der Waals surface area contributed by atoms with Gasteiger partial charge in [0.05, 0.1) is 0 Å². The smallest absolute Gasteiger partial charge is 0.264 e. The van der Waals surface area contributed by atoms with Crippen LogP contribution in [-0.2, 0) is 24.6 Å². The summed E-state index contributed by atoms with van der Waals surface area (Å²) in [6.07, 6.45) is 24.8. The van der Waals surface area contributed by atoms with Gasteiger partial charge in [0.15, 0.2) is 0 Å². The summed E-state index contributed by atoms with van der Waals surface area (Å²) in [5.74, 6) is 0. The first kappa shape index (κ1) is 41.9. The van der Waals surface area contributed by atoms with Crippen LogP contribution in [0.1, 0.15) is 129 Å². The number of rotatable bonds is 28. The van der Waals surface area contributed by atoms with Gasteiger partial charge in [-0.3, -0.25) is 9.11 Å². The molecule has 0 aromatic rings. The maximum atomic E-state index is 8.74. The van der Waals surface area contributed by atoms with Gasteiger partial charge in [-0.15, -0.1) is 0 Å². The molecule has 38 heavy (non-hydrogen) atoms. The van der Waals surface area contributed by atoms with Crippen LogP contribution in [0.3, 0.4) is 0 Å². The van der Waals surface area contributed by atoms with E-state index >= 15 is 0 Å². The molecule has 0 aliphatic carbocycles. The van der Waals surface area contributed by atoms with Crippen LogP contribution >= 0.6 is 0 Å². The SMILES string of the molecule is CCCCCCCCCCC(COCC(CCCCCCCCCC)OC[CH2][Na])OC[CH2][Na].O=S(=O)(O)O. The van der Waals surface area contributed by atoms with Crippen LogP contribution in [0.15, 0.2) is 0 Å². The van der Waals surface area contributed by atoms with Crippen LogP contribution in [0, 0.1) is 0 Å². The topological polar surface area (TPSA) is 102 Å². The van der Waals surface area contributed by atoms with E-state index in [2.05, 4.69) is 13.8 Å². The van der Waals surface area contributed by atoms with Crippen molar-refractivity contribution < 1.29 is 31.7 Å². The van der Waals surface area contributed by atoms with Crippen LogP contribution in [0.5, 0.6) is 0 Å². The van der Waals surface area contributed by atoms with E-state index < -0.39 is 10.4 Å². The van der Waals surface area contributed by atoms with Crippen molar-refractivity contribution >= 4 is 66.3 Å². The van der Waals surface area contributed by atoms with Crippen molar-refractivity contribution in [3.8, 4) is 0 Å². The molecule has 0 radical (unpaired) electrons. The molecule has 2 unspecified atom stereocenters. The van der Waals surface area contributed by atoms with Crippen LogP contribution < -0.4 is 0 Å². The quantitative estimate of drug-likeness (QED) is 0.0563. The van der Waals surface area contributed by atoms with Crippen molar-refractivity contribution in [2.75, 3.05) is 26.4 Å². The number of unbranched alkanes of at least 4 members (excludes halogenated alkanes) is 14. The molecule has 0 spiro atoms. The minimum absolute atomic E-state index is 0.279. The Hall–Kier alpha value is 1.75. The standard InChI is InChI=1S/C28H56O3.2Na.H2O4S/c1-5-9-11-13-15-17-19-21-23-27(30-7-3)25-29-26-28(31-8-4)24-22-20-18-16-14-12-10-6-2;;;1-5(2,3)4/h27-28H,3-26H2,1-2H3;;;(H2,1,2,3,4). The summed E-state index contributed by atoms with van der Waals surface area (Å²) in [7, 11) is -4.67. The summed E-state index contributed by atoms with van der Waals surface area (Å²) in [5, 5.41) is 0. The Labute approximate surface area is 271 Å². The first-order valence-corrected chi connectivity index (χ1v) is 20.0. The fourth-order valence-corrected chi connectivity index (χ4v) is 4.81. The number of hydrogen-bond donors (Lipinski definition) is 2. The van der Waals surface area contributed by atoms with Crippen molar-refractivity contribution in [2.24, 2.45) is 0 Å². The van der Waals surface area contributed by atoms with Crippen LogP contribution in [0.25, 0.3) is 0 Å². The predicted octanol–water partition coefficient (Wildman–Crippen LogP) is 7.36. The third-order valence-electron chi connectivity index (χ3n) is 6.48. The molecule has 0 rings (SSSR count). The molecule has 0 saturated heterocycles. The monoisotopic (exact) mass is 584 g/mol. The Kier molecular flexibility index (Phi) is 36.7. The largest absolute Gasteiger partial charge is 0.394 e. The molecule has 2 atom stereocenters. The van der Waals surface area contributed by atoms with Gasteiger partial charge in [0.2, 0.25) is 0 Å². The molecule has 0 saturated carbocycles. The Bertz CT molecular complexity index is 513. The van der Waals surface area contributed by atoms with Gasteiger partial charge in [-0.2, -0.15) is 8.42 Å². The minimum atomic E-state index is -4.67. The fourth-order valence-electron chi connectivity index (χ4n) is 4.34. The molecule has 10 heteroatoms. The molecule has 0 aromatic heterocycles. The van der Waals surface area contributed by atoms with Crippen LogP contribution in [0.4, 0.5) is 0 Å². The molecular formula is C28H58Na2O7S. The Balaban J connectivity index is 0. The number of ether oxygens (including phenoxy) is 3. The fraction of sp³-hybridized carbons (Fsp3) is 1.00. The van der Waals surface area contributed by atoms with E-state index in [9.17, 15) is 0 Å². The molecule has 0 bridgehead atoms. The van der Waals surface area contributed by atoms with E-state index in [0.29, 0.717) is 0 Å². The summed E-state index contributed by atoms with van der Waals surface area (Å²) in [5.41, 5.74) is 0. The third kappa shape index (κ3) is 39.9. The maximum Gasteiger partial charge on any atom is 0.394 e. The van der Waals surface area contributed by atoms with E-state index in [1.165, 1.54) is 166 Å². The maximum absolute atomic E-state index is 8.74. The Morgan fingerprint density at radius 3 is 1.16 bits per heavy atom. The molecule has 0 heterocycles. The van der Waals surface area contributed by atoms with Gasteiger partial charge in [-0.25, -0.2) is 0 Å². The summed E-state index contributed by atoms with van der Waals surface area (Å²) < 4.78 is 52.5. The van der Waals surface area contributed by atoms with Crippen LogP contribution in [0.2, 0.25) is 7.34 Å². The molecule has 2 N–H and O–H groups in total. The minimum Gasteiger partial charge on any atom is -0.264 e. The zero-order chi connectivity index (χ0) is 28.7. The van der Waals surface area contributed by atoms with Gasteiger partial charge in [0.1, 0.15) is 0 Å². The summed E-state index contributed by atoms with van der Waals surface area (Å²) in [6, 6.07) is 0. The van der Waals surface area contributed by atoms with Gasteiger partial charge >= 0.3 is 229 Å². The molecule has 0 amide bonds. The molecular weight excluding hydrogens is 526 g/mol. The van der Waals surface area contributed by atoms with Crippen molar-refractivity contribution in [1.29, 1.82) is 0 Å². The van der Waals surface area contributed by atoms with Crippen LogP contribution in [-0.4, -0.2) is 112 Å². The summed E-state index contributed by atoms with van der Waals surface area (Å²) in [4.78, 5) is 0. The van der Waals surface area contributed by atoms with E-state index in [1.54, 1.807) is 0 Å². The second-order valence-corrected chi connectivity index (χ2v) is 13.4. The third-order valence-corrected chi connectivity index (χ3v) is 7.30. The first-order chi connectivity index (χ1) is 18.3. The van der Waals surface area contributed by atoms with Gasteiger partial charge in [-0.05, 0) is 0 Å². The van der Waals surface area contributed by atoms with E-state index in [0.717, 1.165) is 39.3 Å². The Morgan fingerprint density at radius 2 is 0.868 bits per heavy atom. The predicted molar refractivity (Wildman–Crippen MR) is 160 cm³/mol. The number of hydrogen-bond acceptors (Lipinski definition) is 5. The van der Waals surface area contributed by atoms with Gasteiger partial charge in [0.25, 0.3) is 0 Å². The molecule has 7 nitrogen and oxygen atoms in total. The van der Waals surface area contributed by atoms with Crippen molar-refractivity contribution in [3.05, 3.63) is 0 Å². The molecule has 220 valence electrons. The average molecular weight is 585 g/mol. The Morgan fingerprint density at radius 1 is 0.579 bits per heavy atom. The second kappa shape index (κ2) is 33.3. The molecule has 0 aromatic carbocycles.